The third-order valence-corrected chi connectivity index (χ3v) is 7.83. The van der Waals surface area contributed by atoms with E-state index in [0.717, 1.165) is 25.7 Å². The highest BCUT2D eigenvalue weighted by atomic mass is 16.5. The highest BCUT2D eigenvalue weighted by Crippen LogP contribution is 2.15. The zero-order valence-corrected chi connectivity index (χ0v) is 27.2. The lowest BCUT2D eigenvalue weighted by molar-refractivity contribution is -0.149. The number of hydrogen-bond donors (Lipinski definition) is 3. The number of anilines is 1. The van der Waals surface area contributed by atoms with Crippen molar-refractivity contribution in [2.75, 3.05) is 18.9 Å². The Balaban J connectivity index is 1.69. The van der Waals surface area contributed by atoms with Gasteiger partial charge in [-0.1, -0.05) is 84.3 Å². The van der Waals surface area contributed by atoms with Gasteiger partial charge in [0.1, 0.15) is 6.04 Å². The topological polar surface area (TPSA) is 168 Å². The number of nitrogens with zero attached hydrogens (tertiary/aromatic N) is 3. The van der Waals surface area contributed by atoms with Crippen molar-refractivity contribution in [3.63, 3.8) is 0 Å². The molecule has 0 saturated heterocycles. The lowest BCUT2D eigenvalue weighted by atomic mass is 10.1. The molecule has 0 amide bonds. The van der Waals surface area contributed by atoms with Crippen LogP contribution in [0.1, 0.15) is 117 Å². The van der Waals surface area contributed by atoms with Crippen molar-refractivity contribution in [2.24, 2.45) is 17.6 Å². The van der Waals surface area contributed by atoms with Crippen LogP contribution < -0.4 is 17.0 Å². The van der Waals surface area contributed by atoms with E-state index in [4.69, 9.17) is 20.9 Å². The van der Waals surface area contributed by atoms with Gasteiger partial charge in [-0.25, -0.2) is 4.98 Å². The average molecular weight is 617 g/mol. The van der Waals surface area contributed by atoms with Crippen molar-refractivity contribution in [1.82, 2.24) is 19.5 Å². The van der Waals surface area contributed by atoms with Gasteiger partial charge in [-0.05, 0) is 44.4 Å². The van der Waals surface area contributed by atoms with Crippen LogP contribution in [0.25, 0.3) is 11.2 Å². The molecule has 5 N–H and O–H groups in total. The molecule has 11 heteroatoms. The molecule has 2 heterocycles. The molecular formula is C33H56N6O5. The second kappa shape index (κ2) is 21.5. The molecule has 2 aromatic heterocycles. The van der Waals surface area contributed by atoms with E-state index in [1.807, 2.05) is 13.8 Å². The molecular weight excluding hydrogens is 560 g/mol. The second-order valence-corrected chi connectivity index (χ2v) is 12.1. The van der Waals surface area contributed by atoms with Crippen LogP contribution >= 0.6 is 0 Å². The van der Waals surface area contributed by atoms with Crippen LogP contribution in [0.3, 0.4) is 0 Å². The number of aromatic amines is 1. The van der Waals surface area contributed by atoms with Crippen LogP contribution in [0.4, 0.5) is 5.95 Å². The Hall–Kier alpha value is -3.21. The molecule has 0 spiro atoms. The largest absolute Gasteiger partial charge is 0.466 e. The Morgan fingerprint density at radius 2 is 1.61 bits per heavy atom. The highest BCUT2D eigenvalue weighted by molar-refractivity contribution is 5.75. The summed E-state index contributed by atoms with van der Waals surface area (Å²) in [5.41, 5.74) is 11.7. The lowest BCUT2D eigenvalue weighted by Crippen LogP contribution is -2.38. The van der Waals surface area contributed by atoms with Crippen molar-refractivity contribution in [3.8, 4) is 0 Å². The minimum Gasteiger partial charge on any atom is -0.466 e. The number of carbonyl (C=O) groups is 2. The van der Waals surface area contributed by atoms with E-state index >= 15 is 0 Å². The van der Waals surface area contributed by atoms with Crippen LogP contribution in [-0.2, 0) is 25.6 Å². The van der Waals surface area contributed by atoms with Crippen LogP contribution in [0.15, 0.2) is 23.3 Å². The molecule has 11 nitrogen and oxygen atoms in total. The summed E-state index contributed by atoms with van der Waals surface area (Å²) in [6, 6.07) is -0.729. The van der Waals surface area contributed by atoms with E-state index < -0.39 is 17.6 Å². The summed E-state index contributed by atoms with van der Waals surface area (Å²) >= 11 is 0. The average Bonchev–Trinajstić information content (AvgIpc) is 3.39. The number of carbonyl (C=O) groups excluding carboxylic acids is 2. The fourth-order valence-corrected chi connectivity index (χ4v) is 4.93. The fourth-order valence-electron chi connectivity index (χ4n) is 4.93. The van der Waals surface area contributed by atoms with E-state index in [0.29, 0.717) is 25.0 Å². The van der Waals surface area contributed by atoms with Gasteiger partial charge in [-0.15, -0.1) is 0 Å². The van der Waals surface area contributed by atoms with Gasteiger partial charge in [0.2, 0.25) is 5.95 Å². The van der Waals surface area contributed by atoms with E-state index in [9.17, 15) is 14.4 Å². The first-order valence-corrected chi connectivity index (χ1v) is 16.7. The van der Waals surface area contributed by atoms with E-state index in [2.05, 4.69) is 34.0 Å². The number of H-pyrrole nitrogens is 1. The first-order valence-electron chi connectivity index (χ1n) is 16.7. The summed E-state index contributed by atoms with van der Waals surface area (Å²) < 4.78 is 12.7. The summed E-state index contributed by atoms with van der Waals surface area (Å²) in [6.45, 7) is 6.54. The van der Waals surface area contributed by atoms with Crippen LogP contribution in [-0.4, -0.2) is 50.7 Å². The number of esters is 2. The predicted octanol–water partition coefficient (Wildman–Crippen LogP) is 5.82. The number of unbranched alkanes of at least 4 members (excludes halogenated alkanes) is 11. The third kappa shape index (κ3) is 14.5. The monoisotopic (exact) mass is 616 g/mol. The van der Waals surface area contributed by atoms with E-state index in [-0.39, 0.29) is 42.5 Å². The van der Waals surface area contributed by atoms with Crippen LogP contribution in [0.2, 0.25) is 0 Å². The molecule has 0 bridgehead atoms. The minimum atomic E-state index is -0.729. The standard InChI is InChI=1S/C33H56N6O5/c1-4-5-6-7-8-9-10-11-12-13-14-15-16-17-18-19-27(40)43-21-20-26(23-44-32(42)28(34)25(2)3)22-39-24-36-29-30(39)37-33(35)38-31(29)41/h14-15,24-26,28H,4-13,16-23,34H2,1-3H3,(H3,35,37,38,41)/b15-14+/t26-,28+/m1/s1. The fraction of sp³-hybridized carbons (Fsp3) is 0.727. The van der Waals surface area contributed by atoms with Gasteiger partial charge in [0.25, 0.3) is 5.56 Å². The predicted molar refractivity (Wildman–Crippen MR) is 175 cm³/mol. The van der Waals surface area contributed by atoms with E-state index in [1.54, 1.807) is 4.57 Å². The summed E-state index contributed by atoms with van der Waals surface area (Å²) in [5.74, 6) is -1.04. The minimum absolute atomic E-state index is 0.0154. The Kier molecular flexibility index (Phi) is 18.1. The molecule has 0 aromatic carbocycles. The number of ether oxygens (including phenoxy) is 2. The first kappa shape index (κ1) is 37.0. The van der Waals surface area contributed by atoms with Crippen molar-refractivity contribution in [1.29, 1.82) is 0 Å². The normalized spacial score (nSPS) is 13.1. The number of nitrogens with one attached hydrogen (secondary N) is 1. The summed E-state index contributed by atoms with van der Waals surface area (Å²) in [7, 11) is 0. The van der Waals surface area contributed by atoms with Gasteiger partial charge < -0.3 is 25.5 Å². The number of allylic oxidation sites excluding steroid dienone is 2. The molecule has 0 aliphatic rings. The highest BCUT2D eigenvalue weighted by Gasteiger charge is 2.22. The molecule has 0 saturated carbocycles. The Morgan fingerprint density at radius 3 is 2.27 bits per heavy atom. The number of aromatic nitrogens is 4. The molecule has 0 aliphatic heterocycles. The maximum Gasteiger partial charge on any atom is 0.323 e. The molecule has 0 aliphatic carbocycles. The molecule has 44 heavy (non-hydrogen) atoms. The van der Waals surface area contributed by atoms with Gasteiger partial charge in [0.15, 0.2) is 11.2 Å². The smallest absolute Gasteiger partial charge is 0.323 e. The molecule has 0 unspecified atom stereocenters. The molecule has 2 rings (SSSR count). The van der Waals surface area contributed by atoms with Crippen LogP contribution in [0.5, 0.6) is 0 Å². The van der Waals surface area contributed by atoms with Gasteiger partial charge in [0, 0.05) is 18.9 Å². The lowest BCUT2D eigenvalue weighted by Gasteiger charge is -2.20. The molecule has 248 valence electrons. The second-order valence-electron chi connectivity index (χ2n) is 12.1. The number of nitrogen functional groups attached to an aromatic ring is 1. The Morgan fingerprint density at radius 1 is 0.977 bits per heavy atom. The van der Waals surface area contributed by atoms with Gasteiger partial charge in [-0.2, -0.15) is 4.98 Å². The van der Waals surface area contributed by atoms with Gasteiger partial charge >= 0.3 is 11.9 Å². The summed E-state index contributed by atoms with van der Waals surface area (Å²) in [6.07, 6.45) is 22.7. The van der Waals surface area contributed by atoms with Crippen molar-refractivity contribution >= 4 is 29.1 Å². The summed E-state index contributed by atoms with van der Waals surface area (Å²) in [5, 5.41) is 0. The molecule has 2 aromatic rings. The Labute approximate surface area is 262 Å². The number of nitrogens with two attached hydrogens (primary N) is 2. The van der Waals surface area contributed by atoms with E-state index in [1.165, 1.54) is 64.1 Å². The van der Waals surface area contributed by atoms with Crippen LogP contribution in [0, 0.1) is 11.8 Å². The molecule has 0 radical (unpaired) electrons. The number of rotatable bonds is 24. The van der Waals surface area contributed by atoms with Gasteiger partial charge in [-0.3, -0.25) is 19.4 Å². The quantitative estimate of drug-likeness (QED) is 0.0748. The number of hydrogen-bond acceptors (Lipinski definition) is 9. The zero-order valence-electron chi connectivity index (χ0n) is 27.2. The third-order valence-electron chi connectivity index (χ3n) is 7.83. The van der Waals surface area contributed by atoms with Crippen molar-refractivity contribution < 1.29 is 19.1 Å². The number of fused-ring (bicyclic) bond motifs is 1. The molecule has 0 fully saturated rings. The van der Waals surface area contributed by atoms with Gasteiger partial charge in [0.05, 0.1) is 19.5 Å². The Bertz CT molecular complexity index is 1190. The maximum atomic E-state index is 12.4. The summed E-state index contributed by atoms with van der Waals surface area (Å²) in [4.78, 5) is 47.6. The van der Waals surface area contributed by atoms with Crippen molar-refractivity contribution in [2.45, 2.75) is 130 Å². The number of imidazole rings is 1. The maximum absolute atomic E-state index is 12.4. The zero-order chi connectivity index (χ0) is 32.2. The van der Waals surface area contributed by atoms with Crippen molar-refractivity contribution in [3.05, 3.63) is 28.8 Å². The molecule has 2 atom stereocenters. The SMILES string of the molecule is CCCCCCCCCCC/C=C/CCCCC(=O)OCC[C@@H](COC(=O)[C@@H](N)C(C)C)Cn1cnc2c(=O)[nH]c(N)nc21. The first-order chi connectivity index (χ1) is 21.2.